The van der Waals surface area contributed by atoms with Gasteiger partial charge in [0.2, 0.25) is 5.91 Å². The molecule has 0 saturated carbocycles. The van der Waals surface area contributed by atoms with Gasteiger partial charge in [-0.2, -0.15) is 0 Å². The number of methoxy groups -OCH3 is 1. The van der Waals surface area contributed by atoms with Gasteiger partial charge >= 0.3 is 0 Å². The van der Waals surface area contributed by atoms with Gasteiger partial charge in [0, 0.05) is 25.1 Å². The van der Waals surface area contributed by atoms with E-state index in [2.05, 4.69) is 24.7 Å². The number of carbonyl (C=O) groups is 1. The number of para-hydroxylation sites is 1. The lowest BCUT2D eigenvalue weighted by atomic mass is 9.83. The Hall–Kier alpha value is -2.81. The molecular formula is C27H37N3O5. The zero-order chi connectivity index (χ0) is 24.9. The van der Waals surface area contributed by atoms with Gasteiger partial charge in [-0.15, -0.1) is 0 Å². The molecule has 3 N–H and O–H groups in total. The number of nitrogens with one attached hydrogen (secondary N) is 2. The van der Waals surface area contributed by atoms with Crippen LogP contribution in [-0.4, -0.2) is 55.4 Å². The summed E-state index contributed by atoms with van der Waals surface area (Å²) in [6.45, 7) is 8.32. The molecule has 2 aromatic rings. The number of carbonyl (C=O) groups excluding carboxylic acids is 1. The molecule has 0 aliphatic carbocycles. The normalized spacial score (nSPS) is 23.7. The molecule has 2 aromatic carbocycles. The molecule has 8 heteroatoms. The topological polar surface area (TPSA) is 92.3 Å². The number of ether oxygens (including phenoxy) is 3. The average molecular weight is 484 g/mol. The second-order valence-electron chi connectivity index (χ2n) is 9.52. The minimum Gasteiger partial charge on any atom is -0.508 e. The largest absolute Gasteiger partial charge is 0.508 e. The molecular weight excluding hydrogens is 446 g/mol. The van der Waals surface area contributed by atoms with Crippen LogP contribution in [0.2, 0.25) is 0 Å². The smallest absolute Gasteiger partial charge is 0.242 e. The molecule has 35 heavy (non-hydrogen) atoms. The summed E-state index contributed by atoms with van der Waals surface area (Å²) in [7, 11) is 1.64. The molecule has 4 rings (SSSR count). The van der Waals surface area contributed by atoms with E-state index in [1.165, 1.54) is 0 Å². The van der Waals surface area contributed by atoms with Crippen molar-refractivity contribution in [2.24, 2.45) is 11.8 Å². The van der Waals surface area contributed by atoms with Crippen molar-refractivity contribution in [3.63, 3.8) is 0 Å². The van der Waals surface area contributed by atoms with Crippen molar-refractivity contribution in [1.29, 1.82) is 0 Å². The Balaban J connectivity index is 1.71. The van der Waals surface area contributed by atoms with Crippen LogP contribution in [0.1, 0.15) is 50.4 Å². The molecule has 0 radical (unpaired) electrons. The van der Waals surface area contributed by atoms with Crippen LogP contribution in [0.3, 0.4) is 0 Å². The minimum atomic E-state index is -0.418. The SMILES string of the molecule is CCOc1cc(C2C3C(NNC3c3ccccc3O)C(=O)N2CCOC)ccc1OCCC(C)C. The lowest BCUT2D eigenvalue weighted by molar-refractivity contribution is -0.131. The van der Waals surface area contributed by atoms with Crippen LogP contribution in [0, 0.1) is 11.8 Å². The number of rotatable bonds is 11. The number of likely N-dealkylation sites (tertiary alicyclic amines) is 1. The van der Waals surface area contributed by atoms with Crippen LogP contribution >= 0.6 is 0 Å². The van der Waals surface area contributed by atoms with Crippen LogP contribution in [0.25, 0.3) is 0 Å². The first kappa shape index (κ1) is 25.3. The zero-order valence-corrected chi connectivity index (χ0v) is 21.0. The fourth-order valence-corrected chi connectivity index (χ4v) is 5.06. The lowest BCUT2D eigenvalue weighted by Crippen LogP contribution is -2.42. The van der Waals surface area contributed by atoms with E-state index in [-0.39, 0.29) is 29.7 Å². The Morgan fingerprint density at radius 2 is 1.80 bits per heavy atom. The lowest BCUT2D eigenvalue weighted by Gasteiger charge is -2.31. The van der Waals surface area contributed by atoms with Gasteiger partial charge in [0.25, 0.3) is 0 Å². The van der Waals surface area contributed by atoms with Crippen molar-refractivity contribution >= 4 is 5.91 Å². The van der Waals surface area contributed by atoms with Gasteiger partial charge in [-0.3, -0.25) is 4.79 Å². The molecule has 2 aliphatic heterocycles. The minimum absolute atomic E-state index is 0.0118. The molecule has 0 aromatic heterocycles. The van der Waals surface area contributed by atoms with E-state index < -0.39 is 6.04 Å². The summed E-state index contributed by atoms with van der Waals surface area (Å²) in [6, 6.07) is 12.3. The second kappa shape index (κ2) is 11.3. The third kappa shape index (κ3) is 5.24. The number of fused-ring (bicyclic) bond motifs is 1. The van der Waals surface area contributed by atoms with E-state index in [0.29, 0.717) is 43.8 Å². The highest BCUT2D eigenvalue weighted by Crippen LogP contribution is 2.49. The summed E-state index contributed by atoms with van der Waals surface area (Å²) in [6.07, 6.45) is 0.957. The summed E-state index contributed by atoms with van der Waals surface area (Å²) < 4.78 is 17.3. The zero-order valence-electron chi connectivity index (χ0n) is 21.0. The van der Waals surface area contributed by atoms with E-state index in [9.17, 15) is 9.90 Å². The summed E-state index contributed by atoms with van der Waals surface area (Å²) in [4.78, 5) is 15.3. The standard InChI is InChI=1S/C27H37N3O5/c1-5-34-22-16-18(10-11-21(22)35-14-12-17(2)3)26-23-24(19-8-6-7-9-20(19)31)28-29-25(23)27(32)30(26)13-15-33-4/h6-11,16-17,23-26,28-29,31H,5,12-15H2,1-4H3. The molecule has 1 amide bonds. The Morgan fingerprint density at radius 3 is 2.51 bits per heavy atom. The maximum atomic E-state index is 13.5. The van der Waals surface area contributed by atoms with Crippen molar-refractivity contribution in [3.8, 4) is 17.2 Å². The highest BCUT2D eigenvalue weighted by atomic mass is 16.5. The number of amides is 1. The Kier molecular flexibility index (Phi) is 8.15. The molecule has 4 atom stereocenters. The van der Waals surface area contributed by atoms with E-state index in [0.717, 1.165) is 17.5 Å². The molecule has 4 unspecified atom stereocenters. The van der Waals surface area contributed by atoms with Crippen molar-refractivity contribution in [3.05, 3.63) is 53.6 Å². The molecule has 0 spiro atoms. The maximum Gasteiger partial charge on any atom is 0.242 e. The van der Waals surface area contributed by atoms with Crippen LogP contribution in [-0.2, 0) is 9.53 Å². The van der Waals surface area contributed by atoms with Crippen LogP contribution in [0.4, 0.5) is 0 Å². The summed E-state index contributed by atoms with van der Waals surface area (Å²) in [5, 5.41) is 10.6. The summed E-state index contributed by atoms with van der Waals surface area (Å²) >= 11 is 0. The van der Waals surface area contributed by atoms with Crippen LogP contribution < -0.4 is 20.3 Å². The maximum absolute atomic E-state index is 13.5. The van der Waals surface area contributed by atoms with E-state index in [1.807, 2.05) is 42.2 Å². The first-order valence-corrected chi connectivity index (χ1v) is 12.4. The summed E-state index contributed by atoms with van der Waals surface area (Å²) in [5.41, 5.74) is 8.19. The van der Waals surface area contributed by atoms with Crippen molar-refractivity contribution in [2.75, 3.05) is 33.5 Å². The van der Waals surface area contributed by atoms with Gasteiger partial charge in [0.15, 0.2) is 11.5 Å². The third-order valence-electron chi connectivity index (χ3n) is 6.78. The monoisotopic (exact) mass is 483 g/mol. The number of phenolic OH excluding ortho intramolecular Hbond substituents is 1. The number of hydrazine groups is 1. The van der Waals surface area contributed by atoms with Crippen molar-refractivity contribution < 1.29 is 24.1 Å². The van der Waals surface area contributed by atoms with Gasteiger partial charge in [0.1, 0.15) is 11.8 Å². The van der Waals surface area contributed by atoms with Crippen LogP contribution in [0.15, 0.2) is 42.5 Å². The number of nitrogens with zero attached hydrogens (tertiary/aromatic N) is 1. The van der Waals surface area contributed by atoms with Gasteiger partial charge < -0.3 is 24.2 Å². The molecule has 2 aliphatic rings. The fourth-order valence-electron chi connectivity index (χ4n) is 5.06. The number of aromatic hydroxyl groups is 1. The quantitative estimate of drug-likeness (QED) is 0.450. The van der Waals surface area contributed by atoms with Gasteiger partial charge in [-0.05, 0) is 43.0 Å². The van der Waals surface area contributed by atoms with E-state index in [1.54, 1.807) is 19.2 Å². The number of hydrogen-bond acceptors (Lipinski definition) is 7. The number of phenols is 1. The molecule has 2 heterocycles. The molecule has 0 bridgehead atoms. The fraction of sp³-hybridized carbons (Fsp3) is 0.519. The Labute approximate surface area is 207 Å². The van der Waals surface area contributed by atoms with E-state index >= 15 is 0 Å². The summed E-state index contributed by atoms with van der Waals surface area (Å²) in [5.74, 6) is 2.01. The predicted octanol–water partition coefficient (Wildman–Crippen LogP) is 3.58. The highest BCUT2D eigenvalue weighted by Gasteiger charge is 2.55. The number of hydrogen-bond donors (Lipinski definition) is 3. The van der Waals surface area contributed by atoms with Crippen molar-refractivity contribution in [2.45, 2.75) is 45.3 Å². The van der Waals surface area contributed by atoms with Gasteiger partial charge in [-0.25, -0.2) is 10.9 Å². The number of benzene rings is 2. The third-order valence-corrected chi connectivity index (χ3v) is 6.78. The molecule has 2 saturated heterocycles. The predicted molar refractivity (Wildman–Crippen MR) is 133 cm³/mol. The Morgan fingerprint density at radius 1 is 1.03 bits per heavy atom. The van der Waals surface area contributed by atoms with Gasteiger partial charge in [-0.1, -0.05) is 38.1 Å². The average Bonchev–Trinajstić information content (AvgIpc) is 3.37. The van der Waals surface area contributed by atoms with Crippen LogP contribution in [0.5, 0.6) is 17.2 Å². The molecule has 2 fully saturated rings. The van der Waals surface area contributed by atoms with Gasteiger partial charge in [0.05, 0.1) is 31.9 Å². The first-order valence-electron chi connectivity index (χ1n) is 12.4. The highest BCUT2D eigenvalue weighted by molar-refractivity contribution is 5.86. The van der Waals surface area contributed by atoms with E-state index in [4.69, 9.17) is 14.2 Å². The molecule has 190 valence electrons. The second-order valence-corrected chi connectivity index (χ2v) is 9.52. The molecule has 8 nitrogen and oxygen atoms in total. The Bertz CT molecular complexity index is 1010. The first-order chi connectivity index (χ1) is 17.0. The van der Waals surface area contributed by atoms with Crippen molar-refractivity contribution in [1.82, 2.24) is 15.8 Å².